The van der Waals surface area contributed by atoms with Crippen molar-refractivity contribution in [1.29, 1.82) is 0 Å². The summed E-state index contributed by atoms with van der Waals surface area (Å²) in [4.78, 5) is 13.8. The summed E-state index contributed by atoms with van der Waals surface area (Å²) >= 11 is 0. The van der Waals surface area contributed by atoms with E-state index in [0.29, 0.717) is 30.9 Å². The zero-order valence-corrected chi connectivity index (χ0v) is 15.3. The molecule has 1 amide bonds. The third kappa shape index (κ3) is 5.37. The summed E-state index contributed by atoms with van der Waals surface area (Å²) < 4.78 is 29.3. The Hall–Kier alpha value is -2.76. The first kappa shape index (κ1) is 19.6. The van der Waals surface area contributed by atoms with Gasteiger partial charge >= 0.3 is 0 Å². The second-order valence-electron chi connectivity index (χ2n) is 5.78. The lowest BCUT2D eigenvalue weighted by atomic mass is 10.1. The Balaban J connectivity index is 1.79. The van der Waals surface area contributed by atoms with Gasteiger partial charge in [0.2, 0.25) is 5.91 Å². The van der Waals surface area contributed by atoms with Crippen LogP contribution in [0.3, 0.4) is 0 Å². The number of carbonyl (C=O) groups is 1. The first-order valence-electron chi connectivity index (χ1n) is 8.37. The highest BCUT2D eigenvalue weighted by Gasteiger charge is 2.11. The van der Waals surface area contributed by atoms with E-state index in [1.807, 2.05) is 18.2 Å². The van der Waals surface area contributed by atoms with Crippen molar-refractivity contribution in [3.63, 3.8) is 0 Å². The normalized spacial score (nSPS) is 10.3. The van der Waals surface area contributed by atoms with Crippen molar-refractivity contribution < 1.29 is 23.4 Å². The Kier molecular flexibility index (Phi) is 7.26. The van der Waals surface area contributed by atoms with Gasteiger partial charge in [0.25, 0.3) is 0 Å². The molecule has 2 aromatic rings. The molecule has 0 bridgehead atoms. The number of likely N-dealkylation sites (N-methyl/N-ethyl adjacent to an activating group) is 1. The van der Waals surface area contributed by atoms with Crippen molar-refractivity contribution in [3.05, 3.63) is 53.8 Å². The van der Waals surface area contributed by atoms with Gasteiger partial charge in [0.05, 0.1) is 20.8 Å². The average Bonchev–Trinajstić information content (AvgIpc) is 2.67. The van der Waals surface area contributed by atoms with E-state index in [0.717, 1.165) is 5.56 Å². The monoisotopic (exact) mass is 361 g/mol. The number of halogens is 1. The van der Waals surface area contributed by atoms with E-state index in [4.69, 9.17) is 14.2 Å². The number of benzene rings is 2. The highest BCUT2D eigenvalue weighted by atomic mass is 19.1. The molecule has 0 aliphatic carbocycles. The lowest BCUT2D eigenvalue weighted by Gasteiger charge is -2.18. The molecule has 0 radical (unpaired) electrons. The highest BCUT2D eigenvalue weighted by Crippen LogP contribution is 2.28. The molecule has 0 unspecified atom stereocenters. The van der Waals surface area contributed by atoms with Gasteiger partial charge in [0.15, 0.2) is 23.1 Å². The van der Waals surface area contributed by atoms with Crippen molar-refractivity contribution >= 4 is 5.91 Å². The van der Waals surface area contributed by atoms with Crippen molar-refractivity contribution in [2.75, 3.05) is 34.4 Å². The van der Waals surface area contributed by atoms with Crippen LogP contribution in [0.4, 0.5) is 4.39 Å². The number of rotatable bonds is 9. The van der Waals surface area contributed by atoms with E-state index in [1.165, 1.54) is 6.07 Å². The minimum atomic E-state index is -0.407. The Bertz CT molecular complexity index is 736. The molecular formula is C20H24FNO4. The molecular weight excluding hydrogens is 337 g/mol. The summed E-state index contributed by atoms with van der Waals surface area (Å²) in [5, 5.41) is 0. The fourth-order valence-electron chi connectivity index (χ4n) is 2.46. The minimum absolute atomic E-state index is 0.00285. The third-order valence-electron chi connectivity index (χ3n) is 4.02. The predicted octanol–water partition coefficient (Wildman–Crippen LogP) is 3.31. The number of carbonyl (C=O) groups excluding carboxylic acids is 1. The van der Waals surface area contributed by atoms with Gasteiger partial charge in [0, 0.05) is 13.5 Å². The van der Waals surface area contributed by atoms with Crippen LogP contribution < -0.4 is 14.2 Å². The Labute approximate surface area is 153 Å². The van der Waals surface area contributed by atoms with Crippen LogP contribution in [0.5, 0.6) is 17.2 Å². The Morgan fingerprint density at radius 3 is 2.46 bits per heavy atom. The maximum Gasteiger partial charge on any atom is 0.222 e. The van der Waals surface area contributed by atoms with Gasteiger partial charge < -0.3 is 19.1 Å². The van der Waals surface area contributed by atoms with Gasteiger partial charge in [-0.1, -0.05) is 18.2 Å². The number of ether oxygens (including phenoxy) is 3. The summed E-state index contributed by atoms with van der Waals surface area (Å²) in [6.07, 6.45) is 0.962. The lowest BCUT2D eigenvalue weighted by molar-refractivity contribution is -0.130. The van der Waals surface area contributed by atoms with Crippen LogP contribution in [0, 0.1) is 5.82 Å². The first-order chi connectivity index (χ1) is 12.5. The molecule has 5 nitrogen and oxygen atoms in total. The van der Waals surface area contributed by atoms with E-state index in [2.05, 4.69) is 0 Å². The lowest BCUT2D eigenvalue weighted by Crippen LogP contribution is -2.31. The van der Waals surface area contributed by atoms with Crippen LogP contribution in [0.1, 0.15) is 12.0 Å². The predicted molar refractivity (Wildman–Crippen MR) is 97.4 cm³/mol. The van der Waals surface area contributed by atoms with Crippen LogP contribution in [0.15, 0.2) is 42.5 Å². The molecule has 0 spiro atoms. The standard InChI is InChI=1S/C20H24FNO4/c1-22(12-13-26-17-7-5-4-6-16(17)21)20(23)11-9-15-8-10-18(24-2)19(14-15)25-3/h4-8,10,14H,9,11-13H2,1-3H3. The topological polar surface area (TPSA) is 48.0 Å². The maximum absolute atomic E-state index is 13.5. The van der Waals surface area contributed by atoms with Gasteiger partial charge in [-0.05, 0) is 36.2 Å². The molecule has 0 saturated carbocycles. The average molecular weight is 361 g/mol. The van der Waals surface area contributed by atoms with E-state index in [9.17, 15) is 9.18 Å². The molecule has 0 aromatic heterocycles. The zero-order valence-electron chi connectivity index (χ0n) is 15.3. The van der Waals surface area contributed by atoms with Crippen molar-refractivity contribution in [2.45, 2.75) is 12.8 Å². The molecule has 0 atom stereocenters. The first-order valence-corrected chi connectivity index (χ1v) is 8.37. The maximum atomic E-state index is 13.5. The Morgan fingerprint density at radius 2 is 1.77 bits per heavy atom. The van der Waals surface area contributed by atoms with Crippen LogP contribution in [-0.2, 0) is 11.2 Å². The smallest absolute Gasteiger partial charge is 0.222 e. The summed E-state index contributed by atoms with van der Waals surface area (Å²) in [5.74, 6) is 1.08. The van der Waals surface area contributed by atoms with E-state index >= 15 is 0 Å². The van der Waals surface area contributed by atoms with Crippen molar-refractivity contribution in [1.82, 2.24) is 4.90 Å². The molecule has 6 heteroatoms. The summed E-state index contributed by atoms with van der Waals surface area (Å²) in [6, 6.07) is 11.8. The van der Waals surface area contributed by atoms with E-state index in [1.54, 1.807) is 44.4 Å². The highest BCUT2D eigenvalue weighted by molar-refractivity contribution is 5.76. The van der Waals surface area contributed by atoms with E-state index < -0.39 is 5.82 Å². The SMILES string of the molecule is COc1ccc(CCC(=O)N(C)CCOc2ccccc2F)cc1OC. The molecule has 0 saturated heterocycles. The number of methoxy groups -OCH3 is 2. The fourth-order valence-corrected chi connectivity index (χ4v) is 2.46. The third-order valence-corrected chi connectivity index (χ3v) is 4.02. The molecule has 2 rings (SSSR count). The van der Waals surface area contributed by atoms with Crippen molar-refractivity contribution in [3.8, 4) is 17.2 Å². The van der Waals surface area contributed by atoms with Gasteiger partial charge in [-0.2, -0.15) is 0 Å². The molecule has 0 heterocycles. The molecule has 0 aliphatic rings. The minimum Gasteiger partial charge on any atom is -0.493 e. The largest absolute Gasteiger partial charge is 0.493 e. The second kappa shape index (κ2) is 9.65. The van der Waals surface area contributed by atoms with Crippen molar-refractivity contribution in [2.24, 2.45) is 0 Å². The molecule has 2 aromatic carbocycles. The van der Waals surface area contributed by atoms with E-state index in [-0.39, 0.29) is 18.3 Å². The van der Waals surface area contributed by atoms with Crippen LogP contribution in [-0.4, -0.2) is 45.2 Å². The number of nitrogens with zero attached hydrogens (tertiary/aromatic N) is 1. The number of aryl methyl sites for hydroxylation is 1. The molecule has 26 heavy (non-hydrogen) atoms. The number of para-hydroxylation sites is 1. The van der Waals surface area contributed by atoms with Gasteiger partial charge in [-0.15, -0.1) is 0 Å². The fraction of sp³-hybridized carbons (Fsp3) is 0.350. The van der Waals surface area contributed by atoms with Gasteiger partial charge in [-0.25, -0.2) is 4.39 Å². The number of amides is 1. The molecule has 0 fully saturated rings. The van der Waals surface area contributed by atoms with Gasteiger partial charge in [-0.3, -0.25) is 4.79 Å². The Morgan fingerprint density at radius 1 is 1.04 bits per heavy atom. The van der Waals surface area contributed by atoms with Crippen LogP contribution in [0.2, 0.25) is 0 Å². The quantitative estimate of drug-likeness (QED) is 0.688. The summed E-state index contributed by atoms with van der Waals surface area (Å²) in [5.41, 5.74) is 0.993. The molecule has 0 aliphatic heterocycles. The molecule has 140 valence electrons. The van der Waals surface area contributed by atoms with Crippen LogP contribution in [0.25, 0.3) is 0 Å². The van der Waals surface area contributed by atoms with Crippen LogP contribution >= 0.6 is 0 Å². The summed E-state index contributed by atoms with van der Waals surface area (Å²) in [6.45, 7) is 0.624. The number of hydrogen-bond acceptors (Lipinski definition) is 4. The zero-order chi connectivity index (χ0) is 18.9. The number of hydrogen-bond donors (Lipinski definition) is 0. The molecule has 0 N–H and O–H groups in total. The van der Waals surface area contributed by atoms with Gasteiger partial charge in [0.1, 0.15) is 6.61 Å². The second-order valence-corrected chi connectivity index (χ2v) is 5.78. The summed E-state index contributed by atoms with van der Waals surface area (Å²) in [7, 11) is 4.87.